The second-order valence-corrected chi connectivity index (χ2v) is 4.06. The van der Waals surface area contributed by atoms with Crippen molar-refractivity contribution in [3.63, 3.8) is 0 Å². The van der Waals surface area contributed by atoms with Crippen LogP contribution in [-0.2, 0) is 4.74 Å². The van der Waals surface area contributed by atoms with Gasteiger partial charge in [0.15, 0.2) is 0 Å². The minimum absolute atomic E-state index is 0. The number of amides is 1. The van der Waals surface area contributed by atoms with Gasteiger partial charge in [-0.2, -0.15) is 0 Å². The lowest BCUT2D eigenvalue weighted by atomic mass is 10.2. The maximum Gasteiger partial charge on any atom is 0.254 e. The van der Waals surface area contributed by atoms with Crippen molar-refractivity contribution in [1.82, 2.24) is 10.6 Å². The van der Waals surface area contributed by atoms with Crippen molar-refractivity contribution in [3.8, 4) is 0 Å². The van der Waals surface area contributed by atoms with Crippen molar-refractivity contribution >= 4 is 29.9 Å². The lowest BCUT2D eigenvalue weighted by Crippen LogP contribution is -2.33. The van der Waals surface area contributed by atoms with Crippen molar-refractivity contribution in [1.29, 1.82) is 0 Å². The highest BCUT2D eigenvalue weighted by Crippen LogP contribution is 2.14. The predicted octanol–water partition coefficient (Wildman–Crippen LogP) is 1.87. The zero-order valence-electron chi connectivity index (χ0n) is 10.5. The van der Waals surface area contributed by atoms with Crippen LogP contribution in [-0.4, -0.2) is 39.3 Å². The maximum absolute atomic E-state index is 13.3. The van der Waals surface area contributed by atoms with Gasteiger partial charge in [-0.1, -0.05) is 11.6 Å². The summed E-state index contributed by atoms with van der Waals surface area (Å²) in [4.78, 5) is 11.6. The van der Waals surface area contributed by atoms with E-state index >= 15 is 0 Å². The normalized spacial score (nSPS) is 9.84. The van der Waals surface area contributed by atoms with Crippen LogP contribution in [0.1, 0.15) is 10.4 Å². The monoisotopic (exact) mass is 310 g/mol. The van der Waals surface area contributed by atoms with Crippen LogP contribution in [0.3, 0.4) is 0 Å². The van der Waals surface area contributed by atoms with Crippen molar-refractivity contribution in [2.45, 2.75) is 0 Å². The summed E-state index contributed by atoms with van der Waals surface area (Å²) >= 11 is 5.71. The zero-order chi connectivity index (χ0) is 13.4. The fraction of sp³-hybridized carbons (Fsp3) is 0.417. The van der Waals surface area contributed by atoms with Gasteiger partial charge in [-0.3, -0.25) is 4.79 Å². The molecule has 0 bridgehead atoms. The lowest BCUT2D eigenvalue weighted by Gasteiger charge is -2.07. The highest BCUT2D eigenvalue weighted by atomic mass is 35.5. The molecule has 1 rings (SSSR count). The molecule has 0 fully saturated rings. The van der Waals surface area contributed by atoms with Gasteiger partial charge in [0.1, 0.15) is 5.82 Å². The molecule has 19 heavy (non-hydrogen) atoms. The van der Waals surface area contributed by atoms with Gasteiger partial charge in [-0.15, -0.1) is 12.4 Å². The minimum atomic E-state index is -0.579. The van der Waals surface area contributed by atoms with Crippen molar-refractivity contribution in [2.24, 2.45) is 0 Å². The van der Waals surface area contributed by atoms with Gasteiger partial charge in [0.05, 0.1) is 12.2 Å². The number of carbonyl (C=O) groups excluding carboxylic acids is 1. The number of nitrogens with one attached hydrogen (secondary N) is 2. The topological polar surface area (TPSA) is 50.4 Å². The second kappa shape index (κ2) is 9.97. The first-order chi connectivity index (χ1) is 8.65. The van der Waals surface area contributed by atoms with Crippen molar-refractivity contribution < 1.29 is 13.9 Å². The van der Waals surface area contributed by atoms with Crippen molar-refractivity contribution in [2.75, 3.05) is 33.4 Å². The summed E-state index contributed by atoms with van der Waals surface area (Å²) < 4.78 is 18.2. The quantitative estimate of drug-likeness (QED) is 0.756. The first-order valence-corrected chi connectivity index (χ1v) is 5.96. The Kier molecular flexibility index (Phi) is 9.51. The first kappa shape index (κ1) is 18.1. The summed E-state index contributed by atoms with van der Waals surface area (Å²) in [6, 6.07) is 3.89. The average molecular weight is 311 g/mol. The molecule has 2 N–H and O–H groups in total. The Balaban J connectivity index is 0.00000324. The number of hydrogen-bond acceptors (Lipinski definition) is 3. The molecule has 0 saturated heterocycles. The molecule has 108 valence electrons. The number of hydrogen-bond donors (Lipinski definition) is 2. The number of methoxy groups -OCH3 is 1. The fourth-order valence-electron chi connectivity index (χ4n) is 1.33. The molecule has 1 aromatic rings. The fourth-order valence-corrected chi connectivity index (χ4v) is 1.50. The van der Waals surface area contributed by atoms with E-state index in [1.54, 1.807) is 7.11 Å². The summed E-state index contributed by atoms with van der Waals surface area (Å²) in [5.74, 6) is -1.05. The Labute approximate surface area is 123 Å². The van der Waals surface area contributed by atoms with E-state index < -0.39 is 11.7 Å². The summed E-state index contributed by atoms with van der Waals surface area (Å²) in [6.45, 7) is 2.32. The molecule has 0 aliphatic heterocycles. The highest BCUT2D eigenvalue weighted by molar-refractivity contribution is 6.30. The summed E-state index contributed by atoms with van der Waals surface area (Å²) in [5.41, 5.74) is -0.0422. The third kappa shape index (κ3) is 6.73. The van der Waals surface area contributed by atoms with Crippen LogP contribution in [0.5, 0.6) is 0 Å². The molecular weight excluding hydrogens is 294 g/mol. The van der Waals surface area contributed by atoms with Crippen LogP contribution in [0.15, 0.2) is 18.2 Å². The number of rotatable bonds is 7. The molecule has 0 spiro atoms. The van der Waals surface area contributed by atoms with Crippen LogP contribution in [0.4, 0.5) is 4.39 Å². The van der Waals surface area contributed by atoms with E-state index in [0.717, 1.165) is 0 Å². The summed E-state index contributed by atoms with van der Waals surface area (Å²) in [5, 5.41) is 6.00. The Hall–Kier alpha value is -0.880. The molecule has 0 heterocycles. The number of ether oxygens (including phenoxy) is 1. The first-order valence-electron chi connectivity index (χ1n) is 5.58. The summed E-state index contributed by atoms with van der Waals surface area (Å²) in [6.07, 6.45) is 0. The van der Waals surface area contributed by atoms with Gasteiger partial charge >= 0.3 is 0 Å². The predicted molar refractivity (Wildman–Crippen MR) is 75.7 cm³/mol. The zero-order valence-corrected chi connectivity index (χ0v) is 12.1. The maximum atomic E-state index is 13.3. The number of benzene rings is 1. The van der Waals surface area contributed by atoms with E-state index in [4.69, 9.17) is 16.3 Å². The largest absolute Gasteiger partial charge is 0.383 e. The molecule has 0 aromatic heterocycles. The highest BCUT2D eigenvalue weighted by Gasteiger charge is 2.11. The van der Waals surface area contributed by atoms with Crippen LogP contribution in [0.25, 0.3) is 0 Å². The third-order valence-corrected chi connectivity index (χ3v) is 2.48. The molecule has 0 aliphatic carbocycles. The van der Waals surface area contributed by atoms with Gasteiger partial charge in [-0.05, 0) is 18.2 Å². The van der Waals surface area contributed by atoms with E-state index in [0.29, 0.717) is 31.3 Å². The third-order valence-electron chi connectivity index (χ3n) is 2.24. The van der Waals surface area contributed by atoms with Gasteiger partial charge in [0, 0.05) is 31.8 Å². The second-order valence-electron chi connectivity index (χ2n) is 3.62. The molecule has 0 atom stereocenters. The standard InChI is InChI=1S/C12H16ClFN2O2.ClH/c1-18-7-6-15-4-5-16-12(17)10-8-9(13)2-3-11(10)14;/h2-3,8,15H,4-7H2,1H3,(H,16,17);1H. The summed E-state index contributed by atoms with van der Waals surface area (Å²) in [7, 11) is 1.62. The van der Waals surface area contributed by atoms with E-state index in [2.05, 4.69) is 10.6 Å². The molecule has 7 heteroatoms. The van der Waals surface area contributed by atoms with E-state index in [1.807, 2.05) is 0 Å². The number of halogens is 3. The van der Waals surface area contributed by atoms with Crippen LogP contribution >= 0.6 is 24.0 Å². The van der Waals surface area contributed by atoms with Gasteiger partial charge in [0.25, 0.3) is 5.91 Å². The van der Waals surface area contributed by atoms with Gasteiger partial charge in [0.2, 0.25) is 0 Å². The molecule has 1 aromatic carbocycles. The molecule has 0 saturated carbocycles. The minimum Gasteiger partial charge on any atom is -0.383 e. The number of carbonyl (C=O) groups is 1. The molecule has 4 nitrogen and oxygen atoms in total. The Morgan fingerprint density at radius 2 is 2.11 bits per heavy atom. The Bertz CT molecular complexity index is 405. The van der Waals surface area contributed by atoms with Crippen LogP contribution in [0, 0.1) is 5.82 Å². The van der Waals surface area contributed by atoms with E-state index in [1.165, 1.54) is 18.2 Å². The molecule has 0 aliphatic rings. The van der Waals surface area contributed by atoms with Crippen LogP contribution < -0.4 is 10.6 Å². The molecular formula is C12H17Cl2FN2O2. The van der Waals surface area contributed by atoms with E-state index in [-0.39, 0.29) is 18.0 Å². The SMILES string of the molecule is COCCNCCNC(=O)c1cc(Cl)ccc1F.Cl. The average Bonchev–Trinajstić information content (AvgIpc) is 2.36. The Morgan fingerprint density at radius 1 is 1.37 bits per heavy atom. The molecule has 0 unspecified atom stereocenters. The van der Waals surface area contributed by atoms with Crippen LogP contribution in [0.2, 0.25) is 5.02 Å². The smallest absolute Gasteiger partial charge is 0.254 e. The van der Waals surface area contributed by atoms with Gasteiger partial charge in [-0.25, -0.2) is 4.39 Å². The lowest BCUT2D eigenvalue weighted by molar-refractivity contribution is 0.0949. The van der Waals surface area contributed by atoms with E-state index in [9.17, 15) is 9.18 Å². The molecule has 0 radical (unpaired) electrons. The molecule has 1 amide bonds. The van der Waals surface area contributed by atoms with Crippen molar-refractivity contribution in [3.05, 3.63) is 34.6 Å². The Morgan fingerprint density at radius 3 is 2.79 bits per heavy atom. The van der Waals surface area contributed by atoms with Gasteiger partial charge < -0.3 is 15.4 Å².